The lowest BCUT2D eigenvalue weighted by molar-refractivity contribution is -0.368. The van der Waals surface area contributed by atoms with Crippen LogP contribution in [0.4, 0.5) is 5.69 Å². The fourth-order valence-corrected chi connectivity index (χ4v) is 6.16. The van der Waals surface area contributed by atoms with Gasteiger partial charge in [-0.2, -0.15) is 0 Å². The van der Waals surface area contributed by atoms with Crippen molar-refractivity contribution in [1.29, 1.82) is 0 Å². The molecule has 6 rings (SSSR count). The van der Waals surface area contributed by atoms with E-state index < -0.39 is 23.8 Å². The summed E-state index contributed by atoms with van der Waals surface area (Å²) in [5.41, 5.74) is 7.10. The number of hydrogen-bond donors (Lipinski definition) is 3. The van der Waals surface area contributed by atoms with Crippen molar-refractivity contribution < 1.29 is 34.3 Å². The Balaban J connectivity index is 1.20. The van der Waals surface area contributed by atoms with Crippen molar-refractivity contribution in [3.05, 3.63) is 151 Å². The van der Waals surface area contributed by atoms with E-state index in [2.05, 4.69) is 22.9 Å². The van der Waals surface area contributed by atoms with E-state index >= 15 is 0 Å². The van der Waals surface area contributed by atoms with Gasteiger partial charge >= 0.3 is 5.97 Å². The van der Waals surface area contributed by atoms with Crippen molar-refractivity contribution in [1.82, 2.24) is 5.32 Å². The number of esters is 1. The Morgan fingerprint density at radius 1 is 0.736 bits per heavy atom. The van der Waals surface area contributed by atoms with Crippen molar-refractivity contribution in [3.8, 4) is 22.6 Å². The Kier molecular flexibility index (Phi) is 12.1. The number of anilines is 1. The number of nitrogens with one attached hydrogen (secondary N) is 2. The summed E-state index contributed by atoms with van der Waals surface area (Å²) in [5, 5.41) is 9.63. The first-order valence-corrected chi connectivity index (χ1v) is 17.6. The third-order valence-corrected chi connectivity index (χ3v) is 8.72. The van der Waals surface area contributed by atoms with Gasteiger partial charge in [-0.15, -0.1) is 0 Å². The van der Waals surface area contributed by atoms with E-state index in [1.807, 2.05) is 103 Å². The summed E-state index contributed by atoms with van der Waals surface area (Å²) in [7, 11) is 0. The molecule has 0 aliphatic heterocycles. The number of amides is 2. The average Bonchev–Trinajstić information content (AvgIpc) is 3.20. The van der Waals surface area contributed by atoms with Crippen LogP contribution in [0.2, 0.25) is 0 Å². The van der Waals surface area contributed by atoms with Gasteiger partial charge in [-0.05, 0) is 70.3 Å². The molecule has 0 fully saturated rings. The second-order valence-corrected chi connectivity index (χ2v) is 12.5. The maximum atomic E-state index is 13.5. The first-order chi connectivity index (χ1) is 25.9. The minimum Gasteiger partial charge on any atom is -0.489 e. The van der Waals surface area contributed by atoms with Gasteiger partial charge in [-0.1, -0.05) is 110 Å². The van der Waals surface area contributed by atoms with Crippen LogP contribution in [0.1, 0.15) is 28.8 Å². The lowest BCUT2D eigenvalue weighted by Gasteiger charge is -2.21. The molecule has 0 unspecified atom stereocenters. The van der Waals surface area contributed by atoms with Crippen molar-refractivity contribution in [2.75, 3.05) is 25.1 Å². The van der Waals surface area contributed by atoms with E-state index in [9.17, 15) is 14.4 Å². The molecule has 9 heteroatoms. The van der Waals surface area contributed by atoms with Crippen LogP contribution in [0.3, 0.4) is 0 Å². The first kappa shape index (κ1) is 36.3. The summed E-state index contributed by atoms with van der Waals surface area (Å²) in [6, 6.07) is 38.8. The highest BCUT2D eigenvalue weighted by molar-refractivity contribution is 6.10. The Labute approximate surface area is 308 Å². The zero-order valence-corrected chi connectivity index (χ0v) is 29.4. The number of carbonyl (C=O) groups excluding carboxylic acids is 3. The maximum Gasteiger partial charge on any atom is 0.338 e. The lowest BCUT2D eigenvalue weighted by atomic mass is 9.92. The topological polar surface area (TPSA) is 131 Å². The molecule has 0 aliphatic rings. The molecule has 2 amide bonds. The predicted octanol–water partition coefficient (Wildman–Crippen LogP) is 7.11. The molecule has 6 aromatic carbocycles. The lowest BCUT2D eigenvalue weighted by Crippen LogP contribution is -2.51. The van der Waals surface area contributed by atoms with E-state index in [0.29, 0.717) is 48.7 Å². The van der Waals surface area contributed by atoms with E-state index in [1.165, 1.54) is 0 Å². The van der Waals surface area contributed by atoms with E-state index in [-0.39, 0.29) is 13.2 Å². The molecule has 0 radical (unpaired) electrons. The molecular weight excluding hydrogens is 666 g/mol. The fourth-order valence-electron chi connectivity index (χ4n) is 6.16. The Morgan fingerprint density at radius 2 is 1.38 bits per heavy atom. The monoisotopic (exact) mass is 708 g/mol. The Bertz CT molecular complexity index is 2240. The van der Waals surface area contributed by atoms with Crippen molar-refractivity contribution in [3.63, 3.8) is 0 Å². The third kappa shape index (κ3) is 9.08. The van der Waals surface area contributed by atoms with Gasteiger partial charge in [0.2, 0.25) is 5.91 Å². The van der Waals surface area contributed by atoms with E-state index in [4.69, 9.17) is 14.2 Å². The zero-order chi connectivity index (χ0) is 37.0. The summed E-state index contributed by atoms with van der Waals surface area (Å²) in [6.07, 6.45) is 2.67. The minimum absolute atomic E-state index is 0.129. The van der Waals surface area contributed by atoms with Crippen LogP contribution in [-0.2, 0) is 20.9 Å². The number of quaternary nitrogens is 1. The maximum absolute atomic E-state index is 13.5. The van der Waals surface area contributed by atoms with Gasteiger partial charge in [0.1, 0.15) is 30.8 Å². The molecule has 0 saturated carbocycles. The predicted molar refractivity (Wildman–Crippen MR) is 208 cm³/mol. The number of fused-ring (bicyclic) bond motifs is 2. The van der Waals surface area contributed by atoms with Crippen LogP contribution >= 0.6 is 0 Å². The van der Waals surface area contributed by atoms with Crippen LogP contribution in [0.25, 0.3) is 32.7 Å². The highest BCUT2D eigenvalue weighted by Gasteiger charge is 2.23. The van der Waals surface area contributed by atoms with Gasteiger partial charge in [0.15, 0.2) is 6.61 Å². The minimum atomic E-state index is -0.866. The quantitative estimate of drug-likeness (QED) is 0.0726. The van der Waals surface area contributed by atoms with Crippen molar-refractivity contribution in [2.24, 2.45) is 0 Å². The van der Waals surface area contributed by atoms with Crippen LogP contribution in [0.15, 0.2) is 140 Å². The summed E-state index contributed by atoms with van der Waals surface area (Å²) in [4.78, 5) is 39.8. The first-order valence-electron chi connectivity index (χ1n) is 17.6. The van der Waals surface area contributed by atoms with Gasteiger partial charge in [0.05, 0.1) is 12.1 Å². The highest BCUT2D eigenvalue weighted by atomic mass is 16.5. The van der Waals surface area contributed by atoms with E-state index in [1.54, 1.807) is 30.3 Å². The highest BCUT2D eigenvalue weighted by Crippen LogP contribution is 2.45. The number of ether oxygens (including phenoxy) is 3. The summed E-state index contributed by atoms with van der Waals surface area (Å²) < 4.78 is 17.9. The molecule has 0 bridgehead atoms. The number of carbonyl (C=O) groups is 3. The van der Waals surface area contributed by atoms with Gasteiger partial charge in [-0.3, -0.25) is 9.59 Å². The molecule has 1 atom stereocenters. The molecule has 53 heavy (non-hydrogen) atoms. The van der Waals surface area contributed by atoms with E-state index in [0.717, 1.165) is 38.2 Å². The normalized spacial score (nSPS) is 11.4. The van der Waals surface area contributed by atoms with Crippen molar-refractivity contribution in [2.45, 2.75) is 25.5 Å². The number of benzene rings is 6. The summed E-state index contributed by atoms with van der Waals surface area (Å²) in [6.45, 7) is 4.51. The molecule has 0 spiro atoms. The van der Waals surface area contributed by atoms with Crippen LogP contribution < -0.4 is 25.8 Å². The van der Waals surface area contributed by atoms with Crippen LogP contribution in [0, 0.1) is 0 Å². The fraction of sp³-hybridized carbons (Fsp3) is 0.159. The van der Waals surface area contributed by atoms with Gasteiger partial charge in [-0.25, -0.2) is 4.79 Å². The molecule has 6 aromatic rings. The largest absolute Gasteiger partial charge is 0.489 e. The smallest absolute Gasteiger partial charge is 0.338 e. The number of hydrogen-bond acceptors (Lipinski definition) is 6. The Hall–Kier alpha value is -6.45. The molecule has 0 heterocycles. The second-order valence-electron chi connectivity index (χ2n) is 12.5. The van der Waals surface area contributed by atoms with Crippen LogP contribution in [0.5, 0.6) is 11.5 Å². The molecule has 0 saturated heterocycles. The summed E-state index contributed by atoms with van der Waals surface area (Å²) in [5.74, 6) is -0.249. The molecule has 0 aliphatic carbocycles. The Morgan fingerprint density at radius 3 is 2.04 bits per heavy atom. The second kappa shape index (κ2) is 17.7. The summed E-state index contributed by atoms with van der Waals surface area (Å²) >= 11 is 0. The zero-order valence-electron chi connectivity index (χ0n) is 29.4. The molecular formula is C44H42N3O6+. The van der Waals surface area contributed by atoms with Crippen molar-refractivity contribution >= 4 is 45.0 Å². The van der Waals surface area contributed by atoms with Crippen LogP contribution in [-0.4, -0.2) is 43.6 Å². The standard InChI is InChI=1S/C44H41N3O6/c1-2-26-51-38-23-21-31-14-6-8-18-35(31)41(38)42-36-19-9-7-15-32(36)22-24-39(42)52-29-40(48)47-37(20-11-25-45)43(49)46-34-17-10-16-33(27-34)44(50)53-28-30-12-4-3-5-13-30/h2-10,12-19,21-24,27,37H,1,11,20,25-26,28-29,45H2,(H,46,49)(H,47,48)/p+1/t37-/m1/s1. The molecule has 0 aromatic heterocycles. The van der Waals surface area contributed by atoms with Gasteiger partial charge in [0.25, 0.3) is 5.91 Å². The van der Waals surface area contributed by atoms with Gasteiger partial charge < -0.3 is 30.6 Å². The molecule has 268 valence electrons. The average molecular weight is 709 g/mol. The molecule has 5 N–H and O–H groups in total. The molecule has 9 nitrogen and oxygen atoms in total. The van der Waals surface area contributed by atoms with Gasteiger partial charge in [0, 0.05) is 16.8 Å². The third-order valence-electron chi connectivity index (χ3n) is 8.72. The number of rotatable bonds is 16. The SMILES string of the molecule is C=CCOc1ccc2ccccc2c1-c1c(OCC(=O)N[C@H](CCC[NH3+])C(=O)Nc2cccc(C(=O)OCc3ccccc3)c2)ccc2ccccc12.